The molecule has 2 N–H and O–H groups in total. The predicted molar refractivity (Wildman–Crippen MR) is 88.7 cm³/mol. The van der Waals surface area contributed by atoms with E-state index >= 15 is 0 Å². The van der Waals surface area contributed by atoms with Crippen molar-refractivity contribution in [3.05, 3.63) is 38.8 Å². The van der Waals surface area contributed by atoms with Gasteiger partial charge in [0, 0.05) is 19.3 Å². The van der Waals surface area contributed by atoms with Crippen LogP contribution in [0.3, 0.4) is 0 Å². The lowest BCUT2D eigenvalue weighted by atomic mass is 9.94. The van der Waals surface area contributed by atoms with E-state index in [2.05, 4.69) is 32.0 Å². The molecule has 1 fully saturated rings. The molecule has 0 bridgehead atoms. The van der Waals surface area contributed by atoms with E-state index in [-0.39, 0.29) is 0 Å². The molecule has 0 spiro atoms. The first-order chi connectivity index (χ1) is 11.1. The third-order valence-electron chi connectivity index (χ3n) is 4.58. The van der Waals surface area contributed by atoms with Crippen LogP contribution in [0.1, 0.15) is 31.9 Å². The average Bonchev–Trinajstić information content (AvgIpc) is 2.56. The van der Waals surface area contributed by atoms with Crippen molar-refractivity contribution in [2.45, 2.75) is 33.1 Å². The van der Waals surface area contributed by atoms with E-state index in [1.165, 1.54) is 25.5 Å². The maximum atomic E-state index is 11.9. The molecular weight excluding hydrogens is 294 g/mol. The Balaban J connectivity index is 1.93. The van der Waals surface area contributed by atoms with Gasteiger partial charge in [-0.3, -0.25) is 9.78 Å². The molecule has 0 amide bonds. The number of aromatic amines is 2. The molecule has 1 aliphatic heterocycles. The molecule has 1 saturated heterocycles. The van der Waals surface area contributed by atoms with Gasteiger partial charge in [-0.1, -0.05) is 13.3 Å². The Morgan fingerprint density at radius 1 is 1.26 bits per heavy atom. The Morgan fingerprint density at radius 2 is 2.00 bits per heavy atom. The maximum Gasteiger partial charge on any atom is 0.325 e. The third kappa shape index (κ3) is 3.18. The summed E-state index contributed by atoms with van der Waals surface area (Å²) < 4.78 is 0. The summed E-state index contributed by atoms with van der Waals surface area (Å²) in [6.07, 6.45) is 4.95. The predicted octanol–water partition coefficient (Wildman–Crippen LogP) is 1.46. The molecule has 2 aromatic rings. The van der Waals surface area contributed by atoms with E-state index in [0.717, 1.165) is 30.4 Å². The number of rotatable bonds is 3. The van der Waals surface area contributed by atoms with E-state index in [1.54, 1.807) is 0 Å². The van der Waals surface area contributed by atoms with Gasteiger partial charge < -0.3 is 9.88 Å². The van der Waals surface area contributed by atoms with E-state index in [0.29, 0.717) is 11.3 Å². The topological polar surface area (TPSA) is 94.7 Å². The van der Waals surface area contributed by atoms with Crippen molar-refractivity contribution in [3.8, 4) is 11.3 Å². The van der Waals surface area contributed by atoms with Crippen LogP contribution in [0.2, 0.25) is 0 Å². The first-order valence-corrected chi connectivity index (χ1v) is 8.00. The molecule has 0 aliphatic carbocycles. The van der Waals surface area contributed by atoms with Crippen LogP contribution in [0.25, 0.3) is 11.3 Å². The van der Waals surface area contributed by atoms with Crippen LogP contribution in [0.5, 0.6) is 0 Å². The molecule has 0 saturated carbocycles. The highest BCUT2D eigenvalue weighted by Gasteiger charge is 2.20. The third-order valence-corrected chi connectivity index (χ3v) is 4.58. The van der Waals surface area contributed by atoms with Crippen molar-refractivity contribution < 1.29 is 0 Å². The monoisotopic (exact) mass is 315 g/mol. The normalized spacial score (nSPS) is 15.8. The Morgan fingerprint density at radius 3 is 2.65 bits per heavy atom. The van der Waals surface area contributed by atoms with Gasteiger partial charge in [0.2, 0.25) is 0 Å². The SMILES string of the molecule is CCC1CCN(c2cc(-c3c[nH]c(=O)[nH]c3=O)nnc2C)CC1. The number of hydrogen-bond donors (Lipinski definition) is 2. The van der Waals surface area contributed by atoms with E-state index in [4.69, 9.17) is 0 Å². The summed E-state index contributed by atoms with van der Waals surface area (Å²) in [5, 5.41) is 8.30. The largest absolute Gasteiger partial charge is 0.370 e. The molecule has 1 aliphatic rings. The number of anilines is 1. The van der Waals surface area contributed by atoms with Crippen LogP contribution in [0.4, 0.5) is 5.69 Å². The van der Waals surface area contributed by atoms with Crippen LogP contribution in [0.15, 0.2) is 21.9 Å². The fourth-order valence-corrected chi connectivity index (χ4v) is 3.08. The number of piperidine rings is 1. The highest BCUT2D eigenvalue weighted by Crippen LogP contribution is 2.28. The molecule has 7 heteroatoms. The standard InChI is InChI=1S/C16H21N5O2/c1-3-11-4-6-21(7-5-11)14-8-13(20-19-10(14)2)12-9-17-16(23)18-15(12)22/h8-9,11H,3-7H2,1-2H3,(H2,17,18,22,23). The minimum atomic E-state index is -0.527. The molecular formula is C16H21N5O2. The van der Waals surface area contributed by atoms with Crippen LogP contribution in [-0.4, -0.2) is 33.3 Å². The molecule has 2 aromatic heterocycles. The number of aryl methyl sites for hydroxylation is 1. The van der Waals surface area contributed by atoms with Gasteiger partial charge in [0.1, 0.15) is 5.69 Å². The lowest BCUT2D eigenvalue weighted by Gasteiger charge is -2.33. The van der Waals surface area contributed by atoms with Crippen LogP contribution in [-0.2, 0) is 0 Å². The van der Waals surface area contributed by atoms with E-state index in [1.807, 2.05) is 13.0 Å². The van der Waals surface area contributed by atoms with Gasteiger partial charge in [0.25, 0.3) is 5.56 Å². The Kier molecular flexibility index (Phi) is 4.27. The number of H-pyrrole nitrogens is 2. The zero-order chi connectivity index (χ0) is 16.4. The summed E-state index contributed by atoms with van der Waals surface area (Å²) in [5.74, 6) is 0.794. The zero-order valence-electron chi connectivity index (χ0n) is 13.4. The van der Waals surface area contributed by atoms with Crippen LogP contribution in [0, 0.1) is 12.8 Å². The smallest absolute Gasteiger partial charge is 0.325 e. The van der Waals surface area contributed by atoms with Gasteiger partial charge in [-0.2, -0.15) is 5.10 Å². The van der Waals surface area contributed by atoms with Gasteiger partial charge in [-0.05, 0) is 31.7 Å². The number of hydrogen-bond acceptors (Lipinski definition) is 5. The molecule has 3 rings (SSSR count). The Bertz CT molecular complexity index is 803. The number of nitrogens with zero attached hydrogens (tertiary/aromatic N) is 3. The average molecular weight is 315 g/mol. The second-order valence-corrected chi connectivity index (χ2v) is 6.02. The molecule has 7 nitrogen and oxygen atoms in total. The summed E-state index contributed by atoms with van der Waals surface area (Å²) in [6, 6.07) is 1.89. The molecule has 0 aromatic carbocycles. The second-order valence-electron chi connectivity index (χ2n) is 6.02. The first kappa shape index (κ1) is 15.5. The van der Waals surface area contributed by atoms with Gasteiger partial charge in [0.05, 0.1) is 16.9 Å². The second kappa shape index (κ2) is 6.36. The van der Waals surface area contributed by atoms with E-state index < -0.39 is 11.2 Å². The first-order valence-electron chi connectivity index (χ1n) is 8.00. The fraction of sp³-hybridized carbons (Fsp3) is 0.500. The Labute approximate surface area is 133 Å². The van der Waals surface area contributed by atoms with Crippen molar-refractivity contribution >= 4 is 5.69 Å². The summed E-state index contributed by atoms with van der Waals surface area (Å²) in [7, 11) is 0. The highest BCUT2D eigenvalue weighted by molar-refractivity contribution is 5.64. The molecule has 122 valence electrons. The van der Waals surface area contributed by atoms with Crippen molar-refractivity contribution in [2.24, 2.45) is 5.92 Å². The van der Waals surface area contributed by atoms with Gasteiger partial charge in [0.15, 0.2) is 0 Å². The minimum absolute atomic E-state index is 0.321. The molecule has 23 heavy (non-hydrogen) atoms. The van der Waals surface area contributed by atoms with Gasteiger partial charge >= 0.3 is 5.69 Å². The fourth-order valence-electron chi connectivity index (χ4n) is 3.08. The molecule has 3 heterocycles. The van der Waals surface area contributed by atoms with Crippen molar-refractivity contribution in [1.29, 1.82) is 0 Å². The maximum absolute atomic E-state index is 11.9. The lowest BCUT2D eigenvalue weighted by molar-refractivity contribution is 0.394. The van der Waals surface area contributed by atoms with Crippen LogP contribution >= 0.6 is 0 Å². The van der Waals surface area contributed by atoms with Gasteiger partial charge in [-0.15, -0.1) is 5.10 Å². The summed E-state index contributed by atoms with van der Waals surface area (Å²) in [5.41, 5.74) is 1.67. The Hall–Kier alpha value is -2.44. The summed E-state index contributed by atoms with van der Waals surface area (Å²) >= 11 is 0. The molecule has 0 radical (unpaired) electrons. The van der Waals surface area contributed by atoms with Crippen molar-refractivity contribution in [1.82, 2.24) is 20.2 Å². The quantitative estimate of drug-likeness (QED) is 0.894. The summed E-state index contributed by atoms with van der Waals surface area (Å²) in [6.45, 7) is 6.15. The lowest BCUT2D eigenvalue weighted by Crippen LogP contribution is -2.34. The number of nitrogens with one attached hydrogen (secondary N) is 2. The van der Waals surface area contributed by atoms with Crippen molar-refractivity contribution in [3.63, 3.8) is 0 Å². The molecule has 0 unspecified atom stereocenters. The summed E-state index contributed by atoms with van der Waals surface area (Å²) in [4.78, 5) is 30.1. The zero-order valence-corrected chi connectivity index (χ0v) is 13.4. The van der Waals surface area contributed by atoms with Crippen molar-refractivity contribution in [2.75, 3.05) is 18.0 Å². The minimum Gasteiger partial charge on any atom is -0.370 e. The highest BCUT2D eigenvalue weighted by atomic mass is 16.2. The van der Waals surface area contributed by atoms with Crippen LogP contribution < -0.4 is 16.1 Å². The molecule has 0 atom stereocenters. The van der Waals surface area contributed by atoms with Gasteiger partial charge in [-0.25, -0.2) is 4.79 Å². The number of aromatic nitrogens is 4. The van der Waals surface area contributed by atoms with E-state index in [9.17, 15) is 9.59 Å².